The van der Waals surface area contributed by atoms with E-state index in [1.54, 1.807) is 31.4 Å². The summed E-state index contributed by atoms with van der Waals surface area (Å²) in [6, 6.07) is 23.1. The molecule has 0 aliphatic carbocycles. The van der Waals surface area contributed by atoms with Crippen LogP contribution in [0.3, 0.4) is 0 Å². The van der Waals surface area contributed by atoms with Crippen LogP contribution in [0, 0.1) is 5.82 Å². The second-order valence-electron chi connectivity index (χ2n) is 6.55. The highest BCUT2D eigenvalue weighted by Crippen LogP contribution is 2.31. The molecule has 0 radical (unpaired) electrons. The van der Waals surface area contributed by atoms with E-state index in [0.717, 1.165) is 10.9 Å². The number of rotatable bonds is 5. The summed E-state index contributed by atoms with van der Waals surface area (Å²) in [7, 11) is 1.60. The lowest BCUT2D eigenvalue weighted by molar-refractivity contribution is 0.0952. The number of nitrogens with zero attached hydrogens (tertiary/aromatic N) is 1. The molecule has 0 saturated carbocycles. The third-order valence-electron chi connectivity index (χ3n) is 4.74. The van der Waals surface area contributed by atoms with Gasteiger partial charge in [-0.1, -0.05) is 48.5 Å². The Labute approximate surface area is 168 Å². The lowest BCUT2D eigenvalue weighted by Gasteiger charge is -2.12. The van der Waals surface area contributed by atoms with E-state index in [-0.39, 0.29) is 18.3 Å². The molecule has 0 unspecified atom stereocenters. The van der Waals surface area contributed by atoms with Gasteiger partial charge in [0.25, 0.3) is 5.91 Å². The molecule has 3 aromatic carbocycles. The van der Waals surface area contributed by atoms with Gasteiger partial charge in [0.15, 0.2) is 0 Å². The smallest absolute Gasteiger partial charge is 0.252 e. The summed E-state index contributed by atoms with van der Waals surface area (Å²) in [6.07, 6.45) is 0. The number of hydrogen-bond acceptors (Lipinski definition) is 3. The van der Waals surface area contributed by atoms with E-state index in [4.69, 9.17) is 9.72 Å². The minimum absolute atomic E-state index is 0.103. The topological polar surface area (TPSA) is 51.2 Å². The molecule has 0 aliphatic heterocycles. The standard InChI is InChI=1S/C24H19FN2O2/c1-29-23-13-7-4-10-18(23)22-14-19(17-9-3-6-12-21(17)27-22)24(28)26-15-16-8-2-5-11-20(16)25/h2-14H,15H2,1H3,(H,26,28). The van der Waals surface area contributed by atoms with Gasteiger partial charge >= 0.3 is 0 Å². The average Bonchev–Trinajstić information content (AvgIpc) is 2.77. The van der Waals surface area contributed by atoms with E-state index in [1.165, 1.54) is 6.07 Å². The maximum Gasteiger partial charge on any atom is 0.252 e. The van der Waals surface area contributed by atoms with Crippen LogP contribution in [0.2, 0.25) is 0 Å². The van der Waals surface area contributed by atoms with Gasteiger partial charge in [0.1, 0.15) is 11.6 Å². The number of ether oxygens (including phenoxy) is 1. The molecule has 0 bridgehead atoms. The highest BCUT2D eigenvalue weighted by atomic mass is 19.1. The SMILES string of the molecule is COc1ccccc1-c1cc(C(=O)NCc2ccccc2F)c2ccccc2n1. The molecule has 0 aliphatic rings. The van der Waals surface area contributed by atoms with Gasteiger partial charge in [-0.25, -0.2) is 9.37 Å². The summed E-state index contributed by atoms with van der Waals surface area (Å²) in [5.41, 5.74) is 3.05. The number of nitrogens with one attached hydrogen (secondary N) is 1. The minimum atomic E-state index is -0.345. The van der Waals surface area contributed by atoms with Crippen molar-refractivity contribution in [1.82, 2.24) is 10.3 Å². The van der Waals surface area contributed by atoms with Crippen molar-refractivity contribution in [3.63, 3.8) is 0 Å². The first-order valence-corrected chi connectivity index (χ1v) is 9.22. The number of aromatic nitrogens is 1. The summed E-state index contributed by atoms with van der Waals surface area (Å²) in [5.74, 6) is 0.0399. The number of halogens is 1. The monoisotopic (exact) mass is 386 g/mol. The highest BCUT2D eigenvalue weighted by molar-refractivity contribution is 6.07. The zero-order chi connectivity index (χ0) is 20.2. The van der Waals surface area contributed by atoms with Gasteiger partial charge in [0, 0.05) is 23.1 Å². The minimum Gasteiger partial charge on any atom is -0.496 e. The Morgan fingerprint density at radius 3 is 2.55 bits per heavy atom. The first kappa shape index (κ1) is 18.6. The van der Waals surface area contributed by atoms with Crippen LogP contribution in [0.25, 0.3) is 22.2 Å². The largest absolute Gasteiger partial charge is 0.496 e. The molecular weight excluding hydrogens is 367 g/mol. The second-order valence-corrected chi connectivity index (χ2v) is 6.55. The zero-order valence-electron chi connectivity index (χ0n) is 15.9. The molecule has 5 heteroatoms. The molecule has 1 amide bonds. The Balaban J connectivity index is 1.75. The molecule has 4 rings (SSSR count). The maximum atomic E-state index is 13.9. The van der Waals surface area contributed by atoms with Gasteiger partial charge < -0.3 is 10.1 Å². The normalized spacial score (nSPS) is 10.7. The number of benzene rings is 3. The predicted octanol–water partition coefficient (Wildman–Crippen LogP) is 4.98. The van der Waals surface area contributed by atoms with Crippen LogP contribution in [0.1, 0.15) is 15.9 Å². The Kier molecular flexibility index (Phi) is 5.20. The van der Waals surface area contributed by atoms with E-state index in [0.29, 0.717) is 28.1 Å². The molecule has 1 N–H and O–H groups in total. The Morgan fingerprint density at radius 2 is 1.72 bits per heavy atom. The van der Waals surface area contributed by atoms with Crippen LogP contribution < -0.4 is 10.1 Å². The maximum absolute atomic E-state index is 13.9. The molecule has 4 nitrogen and oxygen atoms in total. The van der Waals surface area contributed by atoms with Gasteiger partial charge in [-0.3, -0.25) is 4.79 Å². The van der Waals surface area contributed by atoms with Crippen LogP contribution in [0.15, 0.2) is 78.9 Å². The van der Waals surface area contributed by atoms with E-state index in [2.05, 4.69) is 5.32 Å². The molecule has 0 saturated heterocycles. The van der Waals surface area contributed by atoms with E-state index in [1.807, 2.05) is 48.5 Å². The second kappa shape index (κ2) is 8.10. The number of amides is 1. The lowest BCUT2D eigenvalue weighted by Crippen LogP contribution is -2.23. The van der Waals surface area contributed by atoms with Crippen molar-refractivity contribution < 1.29 is 13.9 Å². The number of carbonyl (C=O) groups is 1. The van der Waals surface area contributed by atoms with Crippen LogP contribution in [-0.2, 0) is 6.54 Å². The Hall–Kier alpha value is -3.73. The molecule has 144 valence electrons. The molecule has 0 atom stereocenters. The van der Waals surface area contributed by atoms with Crippen molar-refractivity contribution in [2.75, 3.05) is 7.11 Å². The number of hydrogen-bond donors (Lipinski definition) is 1. The van der Waals surface area contributed by atoms with Gasteiger partial charge in [-0.05, 0) is 30.3 Å². The van der Waals surface area contributed by atoms with Gasteiger partial charge in [0.05, 0.1) is 23.9 Å². The summed E-state index contributed by atoms with van der Waals surface area (Å²) in [6.45, 7) is 0.103. The van der Waals surface area contributed by atoms with E-state index in [9.17, 15) is 9.18 Å². The van der Waals surface area contributed by atoms with Crippen molar-refractivity contribution in [2.24, 2.45) is 0 Å². The summed E-state index contributed by atoms with van der Waals surface area (Å²) in [5, 5.41) is 3.55. The fraction of sp³-hybridized carbons (Fsp3) is 0.0833. The lowest BCUT2D eigenvalue weighted by atomic mass is 10.0. The average molecular weight is 386 g/mol. The number of methoxy groups -OCH3 is 1. The van der Waals surface area contributed by atoms with Crippen molar-refractivity contribution in [3.8, 4) is 17.0 Å². The third kappa shape index (κ3) is 3.80. The van der Waals surface area contributed by atoms with Crippen LogP contribution in [-0.4, -0.2) is 18.0 Å². The Morgan fingerprint density at radius 1 is 1.00 bits per heavy atom. The number of carbonyl (C=O) groups excluding carboxylic acids is 1. The quantitative estimate of drug-likeness (QED) is 0.526. The van der Waals surface area contributed by atoms with Crippen molar-refractivity contribution >= 4 is 16.8 Å². The summed E-state index contributed by atoms with van der Waals surface area (Å²) in [4.78, 5) is 17.7. The number of fused-ring (bicyclic) bond motifs is 1. The highest BCUT2D eigenvalue weighted by Gasteiger charge is 2.16. The van der Waals surface area contributed by atoms with Crippen LogP contribution in [0.5, 0.6) is 5.75 Å². The molecule has 0 spiro atoms. The van der Waals surface area contributed by atoms with Gasteiger partial charge in [0.2, 0.25) is 0 Å². The van der Waals surface area contributed by atoms with Gasteiger partial charge in [-0.15, -0.1) is 0 Å². The molecule has 1 heterocycles. The van der Waals surface area contributed by atoms with Crippen LogP contribution in [0.4, 0.5) is 4.39 Å². The molecule has 29 heavy (non-hydrogen) atoms. The molecule has 0 fully saturated rings. The molecular formula is C24H19FN2O2. The van der Waals surface area contributed by atoms with Crippen LogP contribution >= 0.6 is 0 Å². The third-order valence-corrected chi connectivity index (χ3v) is 4.74. The predicted molar refractivity (Wildman–Crippen MR) is 111 cm³/mol. The van der Waals surface area contributed by atoms with Crippen molar-refractivity contribution in [3.05, 3.63) is 95.8 Å². The van der Waals surface area contributed by atoms with Gasteiger partial charge in [-0.2, -0.15) is 0 Å². The van der Waals surface area contributed by atoms with Crippen molar-refractivity contribution in [1.29, 1.82) is 0 Å². The molecule has 1 aromatic heterocycles. The first-order chi connectivity index (χ1) is 14.2. The zero-order valence-corrected chi connectivity index (χ0v) is 15.9. The fourth-order valence-corrected chi connectivity index (χ4v) is 3.27. The summed E-state index contributed by atoms with van der Waals surface area (Å²) < 4.78 is 19.3. The molecule has 4 aromatic rings. The number of para-hydroxylation sites is 2. The van der Waals surface area contributed by atoms with E-state index >= 15 is 0 Å². The number of pyridine rings is 1. The van der Waals surface area contributed by atoms with Crippen molar-refractivity contribution in [2.45, 2.75) is 6.54 Å². The summed E-state index contributed by atoms with van der Waals surface area (Å²) >= 11 is 0. The Bertz CT molecular complexity index is 1190. The van der Waals surface area contributed by atoms with E-state index < -0.39 is 0 Å². The fourth-order valence-electron chi connectivity index (χ4n) is 3.27. The first-order valence-electron chi connectivity index (χ1n) is 9.22.